The summed E-state index contributed by atoms with van der Waals surface area (Å²) in [6, 6.07) is 6.37. The predicted molar refractivity (Wildman–Crippen MR) is 182 cm³/mol. The van der Waals surface area contributed by atoms with Crippen molar-refractivity contribution in [1.82, 2.24) is 10.2 Å². The third-order valence-corrected chi connectivity index (χ3v) is 9.97. The van der Waals surface area contributed by atoms with Crippen molar-refractivity contribution in [3.05, 3.63) is 70.8 Å². The van der Waals surface area contributed by atoms with Crippen LogP contribution >= 0.6 is 23.2 Å². The molecule has 0 bridgehead atoms. The second kappa shape index (κ2) is 14.3. The summed E-state index contributed by atoms with van der Waals surface area (Å²) in [6.45, 7) is 14.9. The number of carbonyl (C=O) groups is 3. The van der Waals surface area contributed by atoms with Crippen LogP contribution in [-0.2, 0) is 9.59 Å². The van der Waals surface area contributed by atoms with Gasteiger partial charge < -0.3 is 15.3 Å². The van der Waals surface area contributed by atoms with Crippen LogP contribution in [-0.4, -0.2) is 50.6 Å². The lowest BCUT2D eigenvalue weighted by Crippen LogP contribution is -2.51. The fourth-order valence-corrected chi connectivity index (χ4v) is 7.51. The maximum absolute atomic E-state index is 14.6. The number of carbonyl (C=O) groups excluding carboxylic acids is 2. The number of aliphatic imine (C=N–C) groups is 1. The van der Waals surface area contributed by atoms with Gasteiger partial charge in [-0.3, -0.25) is 19.4 Å². The molecule has 1 spiro atoms. The number of nitrogens with zero attached hydrogens (tertiary/aromatic N) is 2. The Morgan fingerprint density at radius 2 is 1.82 bits per heavy atom. The number of aliphatic carboxylic acids is 1. The molecule has 4 rings (SSSR count). The highest BCUT2D eigenvalue weighted by molar-refractivity contribution is 6.47. The molecule has 45 heavy (non-hydrogen) atoms. The van der Waals surface area contributed by atoms with E-state index < -0.39 is 17.7 Å². The molecule has 1 aliphatic heterocycles. The highest BCUT2D eigenvalue weighted by Gasteiger charge is 2.53. The highest BCUT2D eigenvalue weighted by Crippen LogP contribution is 2.50. The predicted octanol–water partition coefficient (Wildman–Crippen LogP) is 8.20. The monoisotopic (exact) mass is 655 g/mol. The van der Waals surface area contributed by atoms with Crippen molar-refractivity contribution in [3.8, 4) is 0 Å². The molecule has 1 fully saturated rings. The van der Waals surface area contributed by atoms with E-state index in [0.29, 0.717) is 34.6 Å². The molecule has 0 saturated heterocycles. The Labute approximate surface area is 277 Å². The number of nitrogens with one attached hydrogen (secondary N) is 1. The molecule has 2 unspecified atom stereocenters. The van der Waals surface area contributed by atoms with Crippen molar-refractivity contribution in [2.75, 3.05) is 0 Å². The van der Waals surface area contributed by atoms with Crippen molar-refractivity contribution >= 4 is 46.7 Å². The molecule has 2 aliphatic carbocycles. The third kappa shape index (κ3) is 8.28. The smallest absolute Gasteiger partial charge is 0.305 e. The standard InChI is InChI=1S/C36H47Cl2N3O4/c1-7-29(21-31(42)43)39-33(44)24-11-9-23(10-12-24)30(13-8-22(2)3)41-34(45)32(25-18-27(37)20-28(38)19-25)40-36(41)16-14-26(15-17-36)35(4,5)6/h7,9-12,18,20,22,26,28-30H,1,8,13-17,19,21H2,2-6H3,(H,39,44)(H,42,43)/t26?,28?,29-,30?,36?/m0/s1. The second-order valence-corrected chi connectivity index (χ2v) is 15.2. The van der Waals surface area contributed by atoms with Gasteiger partial charge in [-0.1, -0.05) is 64.4 Å². The number of halogens is 2. The average Bonchev–Trinajstić information content (AvgIpc) is 3.23. The van der Waals surface area contributed by atoms with Gasteiger partial charge in [0.25, 0.3) is 11.8 Å². The Balaban J connectivity index is 1.71. The Morgan fingerprint density at radius 1 is 1.18 bits per heavy atom. The van der Waals surface area contributed by atoms with E-state index in [2.05, 4.69) is 46.5 Å². The van der Waals surface area contributed by atoms with Crippen LogP contribution in [0.3, 0.4) is 0 Å². The minimum atomic E-state index is -1.02. The number of carboxylic acids is 1. The molecule has 2 N–H and O–H groups in total. The summed E-state index contributed by atoms with van der Waals surface area (Å²) in [5.74, 6) is -0.532. The van der Waals surface area contributed by atoms with Crippen LogP contribution in [0.5, 0.6) is 0 Å². The number of alkyl halides is 1. The molecule has 0 aromatic heterocycles. The van der Waals surface area contributed by atoms with Crippen LogP contribution in [0.25, 0.3) is 0 Å². The minimum absolute atomic E-state index is 0.0937. The van der Waals surface area contributed by atoms with Gasteiger partial charge in [0.05, 0.1) is 23.9 Å². The second-order valence-electron chi connectivity index (χ2n) is 14.2. The molecule has 9 heteroatoms. The van der Waals surface area contributed by atoms with Crippen molar-refractivity contribution < 1.29 is 19.5 Å². The van der Waals surface area contributed by atoms with Crippen LogP contribution in [0.4, 0.5) is 0 Å². The first-order valence-corrected chi connectivity index (χ1v) is 16.9. The van der Waals surface area contributed by atoms with Crippen LogP contribution in [0.2, 0.25) is 0 Å². The molecule has 0 radical (unpaired) electrons. The largest absolute Gasteiger partial charge is 0.481 e. The number of amides is 2. The van der Waals surface area contributed by atoms with E-state index in [1.165, 1.54) is 6.08 Å². The zero-order valence-electron chi connectivity index (χ0n) is 27.1. The normalized spacial score (nSPS) is 25.0. The van der Waals surface area contributed by atoms with E-state index in [0.717, 1.165) is 49.7 Å². The first-order chi connectivity index (χ1) is 21.1. The molecule has 7 nitrogen and oxygen atoms in total. The molecule has 2 amide bonds. The van der Waals surface area contributed by atoms with E-state index in [-0.39, 0.29) is 35.1 Å². The van der Waals surface area contributed by atoms with Crippen LogP contribution in [0.15, 0.2) is 64.7 Å². The summed E-state index contributed by atoms with van der Waals surface area (Å²) in [4.78, 5) is 46.0. The number of carboxylic acid groups (broad SMARTS) is 1. The zero-order chi connectivity index (χ0) is 33.1. The number of allylic oxidation sites excluding steroid dienone is 3. The van der Waals surface area contributed by atoms with Crippen molar-refractivity contribution in [2.45, 2.75) is 109 Å². The lowest BCUT2D eigenvalue weighted by atomic mass is 9.69. The van der Waals surface area contributed by atoms with Crippen LogP contribution in [0, 0.1) is 17.3 Å². The van der Waals surface area contributed by atoms with Gasteiger partial charge in [0.15, 0.2) is 0 Å². The fraction of sp³-hybridized carbons (Fsp3) is 0.556. The maximum atomic E-state index is 14.6. The van der Waals surface area contributed by atoms with E-state index in [4.69, 9.17) is 33.3 Å². The molecule has 244 valence electrons. The maximum Gasteiger partial charge on any atom is 0.305 e. The summed E-state index contributed by atoms with van der Waals surface area (Å²) < 4.78 is 0. The van der Waals surface area contributed by atoms with Gasteiger partial charge in [0.1, 0.15) is 11.4 Å². The quantitative estimate of drug-likeness (QED) is 0.185. The van der Waals surface area contributed by atoms with Crippen molar-refractivity contribution in [2.24, 2.45) is 22.2 Å². The van der Waals surface area contributed by atoms with Gasteiger partial charge in [0, 0.05) is 10.6 Å². The molecule has 1 heterocycles. The zero-order valence-corrected chi connectivity index (χ0v) is 28.6. The Hall–Kier alpha value is -2.90. The Kier molecular flexibility index (Phi) is 11.1. The van der Waals surface area contributed by atoms with E-state index in [1.807, 2.05) is 23.1 Å². The molecule has 1 saturated carbocycles. The van der Waals surface area contributed by atoms with Gasteiger partial charge in [-0.05, 0) is 97.6 Å². The van der Waals surface area contributed by atoms with Crippen LogP contribution in [0.1, 0.15) is 108 Å². The Morgan fingerprint density at radius 3 is 2.36 bits per heavy atom. The Bertz CT molecular complexity index is 1380. The molecular formula is C36H47Cl2N3O4. The highest BCUT2D eigenvalue weighted by atomic mass is 35.5. The first kappa shape index (κ1) is 35.0. The van der Waals surface area contributed by atoms with E-state index >= 15 is 0 Å². The SMILES string of the molecule is C=C[C@@H](CC(=O)O)NC(=O)c1ccc(C(CCC(C)C)N2C(=O)C(C3=CC(Cl)=CC(Cl)C3)=NC23CCC(C(C)(C)C)CC3)cc1. The molecule has 1 aromatic rings. The molecule has 3 atom stereocenters. The van der Waals surface area contributed by atoms with Gasteiger partial charge in [-0.15, -0.1) is 18.2 Å². The number of rotatable bonds is 11. The summed E-state index contributed by atoms with van der Waals surface area (Å²) in [6.07, 6.45) is 10.4. The van der Waals surface area contributed by atoms with E-state index in [1.54, 1.807) is 18.2 Å². The lowest BCUT2D eigenvalue weighted by molar-refractivity contribution is -0.137. The molecule has 3 aliphatic rings. The summed E-state index contributed by atoms with van der Waals surface area (Å²) in [7, 11) is 0. The van der Waals surface area contributed by atoms with Crippen molar-refractivity contribution in [1.29, 1.82) is 0 Å². The number of benzene rings is 1. The summed E-state index contributed by atoms with van der Waals surface area (Å²) in [5, 5.41) is 12.1. The van der Waals surface area contributed by atoms with Gasteiger partial charge in [0.2, 0.25) is 0 Å². The fourth-order valence-electron chi connectivity index (χ4n) is 6.86. The van der Waals surface area contributed by atoms with Crippen LogP contribution < -0.4 is 5.32 Å². The van der Waals surface area contributed by atoms with E-state index in [9.17, 15) is 14.4 Å². The lowest BCUT2D eigenvalue weighted by Gasteiger charge is -2.47. The minimum Gasteiger partial charge on any atom is -0.481 e. The summed E-state index contributed by atoms with van der Waals surface area (Å²) >= 11 is 12.9. The number of hydrogen-bond acceptors (Lipinski definition) is 4. The molecular weight excluding hydrogens is 609 g/mol. The third-order valence-electron chi connectivity index (χ3n) is 9.45. The number of hydrogen-bond donors (Lipinski definition) is 2. The van der Waals surface area contributed by atoms with Gasteiger partial charge >= 0.3 is 5.97 Å². The summed E-state index contributed by atoms with van der Waals surface area (Å²) in [5.41, 5.74) is 2.08. The van der Waals surface area contributed by atoms with Crippen molar-refractivity contribution in [3.63, 3.8) is 0 Å². The van der Waals surface area contributed by atoms with Gasteiger partial charge in [-0.25, -0.2) is 0 Å². The first-order valence-electron chi connectivity index (χ1n) is 16.0. The average molecular weight is 657 g/mol. The topological polar surface area (TPSA) is 99.1 Å². The molecule has 1 aromatic carbocycles. The van der Waals surface area contributed by atoms with Gasteiger partial charge in [-0.2, -0.15) is 0 Å².